The lowest BCUT2D eigenvalue weighted by molar-refractivity contribution is 0.179. The Labute approximate surface area is 206 Å². The molecule has 0 fully saturated rings. The number of nitrogens with one attached hydrogen (secondary N) is 1. The molecule has 0 bridgehead atoms. The van der Waals surface area contributed by atoms with E-state index >= 15 is 0 Å². The smallest absolute Gasteiger partial charge is 0.332 e. The quantitative estimate of drug-likeness (QED) is 0.368. The van der Waals surface area contributed by atoms with Gasteiger partial charge in [0.25, 0.3) is 0 Å². The Balaban J connectivity index is 1.65. The van der Waals surface area contributed by atoms with Crippen LogP contribution in [-0.4, -0.2) is 55.7 Å². The molecule has 1 unspecified atom stereocenters. The van der Waals surface area contributed by atoms with Gasteiger partial charge in [0, 0.05) is 37.2 Å². The number of hydrogen-bond acceptors (Lipinski definition) is 8. The van der Waals surface area contributed by atoms with E-state index in [2.05, 4.69) is 31.2 Å². The first-order valence-corrected chi connectivity index (χ1v) is 12.1. The van der Waals surface area contributed by atoms with Gasteiger partial charge in [0.15, 0.2) is 0 Å². The van der Waals surface area contributed by atoms with Gasteiger partial charge in [0.2, 0.25) is 0 Å². The fourth-order valence-electron chi connectivity index (χ4n) is 4.13. The Morgan fingerprint density at radius 3 is 2.71 bits per heavy atom. The third-order valence-corrected chi connectivity index (χ3v) is 6.64. The molecule has 0 radical (unpaired) electrons. The standard InChI is InChI=1S/C25H27N7O2S/c1-15-11-32(25(33)31(15)5)18-9-20-23(21(10-18)34-16(2)12-30(3)4)24(27-13-26-20)29-17-6-7-19-22(8-17)35-14-28-19/h6-11,13-14,16H,12H2,1-5H3,(H,26,27,29). The van der Waals surface area contributed by atoms with Crippen LogP contribution >= 0.6 is 11.3 Å². The molecule has 5 aromatic rings. The molecule has 0 aliphatic carbocycles. The van der Waals surface area contributed by atoms with Crippen LogP contribution in [0.2, 0.25) is 0 Å². The van der Waals surface area contributed by atoms with E-state index in [4.69, 9.17) is 4.74 Å². The highest BCUT2D eigenvalue weighted by molar-refractivity contribution is 7.16. The van der Waals surface area contributed by atoms with E-state index in [1.165, 1.54) is 6.33 Å². The molecule has 2 aromatic carbocycles. The molecular formula is C25H27N7O2S. The summed E-state index contributed by atoms with van der Waals surface area (Å²) in [6.07, 6.45) is 3.24. The lowest BCUT2D eigenvalue weighted by atomic mass is 10.1. The van der Waals surface area contributed by atoms with Crippen molar-refractivity contribution in [1.29, 1.82) is 0 Å². The molecule has 10 heteroatoms. The molecular weight excluding hydrogens is 462 g/mol. The minimum atomic E-state index is -0.126. The molecule has 0 aliphatic heterocycles. The number of aromatic nitrogens is 5. The summed E-state index contributed by atoms with van der Waals surface area (Å²) in [6, 6.07) is 9.79. The summed E-state index contributed by atoms with van der Waals surface area (Å²) in [5.74, 6) is 1.25. The van der Waals surface area contributed by atoms with Crippen LogP contribution in [0.15, 0.2) is 53.2 Å². The number of likely N-dealkylation sites (N-methyl/N-ethyl adjacent to an activating group) is 1. The highest BCUT2D eigenvalue weighted by Gasteiger charge is 2.18. The zero-order valence-corrected chi connectivity index (χ0v) is 21.1. The van der Waals surface area contributed by atoms with Crippen molar-refractivity contribution < 1.29 is 4.74 Å². The highest BCUT2D eigenvalue weighted by Crippen LogP contribution is 2.35. The number of fused-ring (bicyclic) bond motifs is 2. The summed E-state index contributed by atoms with van der Waals surface area (Å²) in [7, 11) is 5.77. The number of rotatable bonds is 7. The van der Waals surface area contributed by atoms with E-state index in [0.29, 0.717) is 22.8 Å². The zero-order valence-electron chi connectivity index (χ0n) is 20.3. The van der Waals surface area contributed by atoms with Crippen molar-refractivity contribution >= 4 is 44.0 Å². The van der Waals surface area contributed by atoms with Gasteiger partial charge in [-0.05, 0) is 52.2 Å². The zero-order chi connectivity index (χ0) is 24.7. The summed E-state index contributed by atoms with van der Waals surface area (Å²) in [5, 5.41) is 4.19. The second kappa shape index (κ2) is 9.12. The molecule has 0 saturated carbocycles. The van der Waals surface area contributed by atoms with E-state index in [1.807, 2.05) is 63.9 Å². The molecule has 3 aromatic heterocycles. The maximum absolute atomic E-state index is 12.8. The average Bonchev–Trinajstić information content (AvgIpc) is 3.38. The van der Waals surface area contributed by atoms with Gasteiger partial charge in [-0.15, -0.1) is 11.3 Å². The number of nitrogens with zero attached hydrogens (tertiary/aromatic N) is 6. The molecule has 1 atom stereocenters. The van der Waals surface area contributed by atoms with Crippen molar-refractivity contribution in [3.8, 4) is 11.4 Å². The number of hydrogen-bond donors (Lipinski definition) is 1. The Morgan fingerprint density at radius 1 is 1.14 bits per heavy atom. The van der Waals surface area contributed by atoms with Gasteiger partial charge < -0.3 is 15.0 Å². The number of anilines is 2. The Bertz CT molecular complexity index is 1580. The van der Waals surface area contributed by atoms with Gasteiger partial charge in [0.05, 0.1) is 32.3 Å². The first kappa shape index (κ1) is 23.0. The minimum absolute atomic E-state index is 0.0979. The van der Waals surface area contributed by atoms with Crippen molar-refractivity contribution in [3.05, 3.63) is 64.5 Å². The predicted molar refractivity (Wildman–Crippen MR) is 140 cm³/mol. The highest BCUT2D eigenvalue weighted by atomic mass is 32.1. The summed E-state index contributed by atoms with van der Waals surface area (Å²) < 4.78 is 10.7. The maximum Gasteiger partial charge on any atom is 0.332 e. The second-order valence-electron chi connectivity index (χ2n) is 8.89. The third kappa shape index (κ3) is 4.50. The van der Waals surface area contributed by atoms with E-state index in [9.17, 15) is 4.79 Å². The number of thiazole rings is 1. The summed E-state index contributed by atoms with van der Waals surface area (Å²) in [6.45, 7) is 4.65. The largest absolute Gasteiger partial charge is 0.488 e. The third-order valence-electron chi connectivity index (χ3n) is 5.85. The van der Waals surface area contributed by atoms with Crippen LogP contribution in [-0.2, 0) is 7.05 Å². The Kier molecular flexibility index (Phi) is 6.00. The molecule has 0 amide bonds. The van der Waals surface area contributed by atoms with Gasteiger partial charge in [-0.1, -0.05) is 0 Å². The molecule has 5 rings (SSSR count). The van der Waals surface area contributed by atoms with Crippen LogP contribution < -0.4 is 15.7 Å². The van der Waals surface area contributed by atoms with E-state index in [0.717, 1.165) is 33.5 Å². The van der Waals surface area contributed by atoms with Gasteiger partial charge >= 0.3 is 5.69 Å². The lowest BCUT2D eigenvalue weighted by Crippen LogP contribution is -2.28. The molecule has 1 N–H and O–H groups in total. The summed E-state index contributed by atoms with van der Waals surface area (Å²) >= 11 is 1.59. The number of ether oxygens (including phenoxy) is 1. The van der Waals surface area contributed by atoms with Crippen molar-refractivity contribution in [2.45, 2.75) is 20.0 Å². The van der Waals surface area contributed by atoms with Crippen LogP contribution in [0.5, 0.6) is 5.75 Å². The topological polar surface area (TPSA) is 90.1 Å². The number of aryl methyl sites for hydroxylation is 1. The summed E-state index contributed by atoms with van der Waals surface area (Å²) in [5.41, 5.74) is 5.80. The van der Waals surface area contributed by atoms with Gasteiger partial charge in [-0.25, -0.2) is 19.7 Å². The average molecular weight is 490 g/mol. The van der Waals surface area contributed by atoms with Crippen LogP contribution in [0.25, 0.3) is 26.8 Å². The first-order valence-electron chi connectivity index (χ1n) is 11.3. The van der Waals surface area contributed by atoms with Gasteiger partial charge in [-0.3, -0.25) is 9.13 Å². The fourth-order valence-corrected chi connectivity index (χ4v) is 4.85. The second-order valence-corrected chi connectivity index (χ2v) is 9.78. The van der Waals surface area contributed by atoms with E-state index in [1.54, 1.807) is 27.5 Å². The number of imidazole rings is 1. The van der Waals surface area contributed by atoms with Crippen molar-refractivity contribution in [2.75, 3.05) is 26.0 Å². The molecule has 180 valence electrons. The maximum atomic E-state index is 12.8. The Morgan fingerprint density at radius 2 is 1.97 bits per heavy atom. The number of benzene rings is 2. The fraction of sp³-hybridized carbons (Fsp3) is 0.280. The van der Waals surface area contributed by atoms with E-state index in [-0.39, 0.29) is 11.8 Å². The first-order chi connectivity index (χ1) is 16.8. The lowest BCUT2D eigenvalue weighted by Gasteiger charge is -2.21. The SMILES string of the molecule is Cc1cn(-c2cc(OC(C)CN(C)C)c3c(Nc4ccc5ncsc5c4)ncnc3c2)c(=O)n1C. The molecule has 0 aliphatic rings. The van der Waals surface area contributed by atoms with Crippen molar-refractivity contribution in [1.82, 2.24) is 29.0 Å². The molecule has 35 heavy (non-hydrogen) atoms. The van der Waals surface area contributed by atoms with Crippen molar-refractivity contribution in [2.24, 2.45) is 7.05 Å². The molecule has 0 saturated heterocycles. The van der Waals surface area contributed by atoms with Gasteiger partial charge in [-0.2, -0.15) is 0 Å². The summed E-state index contributed by atoms with van der Waals surface area (Å²) in [4.78, 5) is 28.3. The molecule has 9 nitrogen and oxygen atoms in total. The van der Waals surface area contributed by atoms with Crippen LogP contribution in [0, 0.1) is 6.92 Å². The molecule has 0 spiro atoms. The van der Waals surface area contributed by atoms with Gasteiger partial charge in [0.1, 0.15) is 24.0 Å². The van der Waals surface area contributed by atoms with Crippen LogP contribution in [0.4, 0.5) is 11.5 Å². The minimum Gasteiger partial charge on any atom is -0.488 e. The molecule has 3 heterocycles. The predicted octanol–water partition coefficient (Wildman–Crippen LogP) is 4.11. The monoisotopic (exact) mass is 489 g/mol. The normalized spacial score (nSPS) is 12.5. The van der Waals surface area contributed by atoms with Crippen LogP contribution in [0.1, 0.15) is 12.6 Å². The van der Waals surface area contributed by atoms with Crippen molar-refractivity contribution in [3.63, 3.8) is 0 Å². The Hall–Kier alpha value is -3.76. The van der Waals surface area contributed by atoms with Crippen LogP contribution in [0.3, 0.4) is 0 Å². The van der Waals surface area contributed by atoms with E-state index < -0.39 is 0 Å².